The minimum atomic E-state index is -0.426. The zero-order valence-electron chi connectivity index (χ0n) is 9.85. The van der Waals surface area contributed by atoms with Crippen LogP contribution in [0.2, 0.25) is 0 Å². The lowest BCUT2D eigenvalue weighted by Gasteiger charge is -2.07. The van der Waals surface area contributed by atoms with E-state index in [9.17, 15) is 4.39 Å². The molecule has 0 aliphatic rings. The van der Waals surface area contributed by atoms with Crippen molar-refractivity contribution < 1.29 is 9.13 Å². The summed E-state index contributed by atoms with van der Waals surface area (Å²) in [5.74, 6) is 0.0478. The Morgan fingerprint density at radius 2 is 2.17 bits per heavy atom. The summed E-state index contributed by atoms with van der Waals surface area (Å²) in [6.45, 7) is 2.32. The van der Waals surface area contributed by atoms with Gasteiger partial charge < -0.3 is 4.74 Å². The smallest absolute Gasteiger partial charge is 0.134 e. The third-order valence-electron chi connectivity index (χ3n) is 2.48. The molecule has 2 aromatic rings. The van der Waals surface area contributed by atoms with Gasteiger partial charge in [0, 0.05) is 29.6 Å². The zero-order valence-corrected chi connectivity index (χ0v) is 9.85. The molecule has 2 rings (SSSR count). The molecule has 0 saturated carbocycles. The molecular formula is C14H11FN2O. The van der Waals surface area contributed by atoms with Crippen molar-refractivity contribution in [2.24, 2.45) is 0 Å². The van der Waals surface area contributed by atoms with Crippen molar-refractivity contribution >= 4 is 0 Å². The zero-order chi connectivity index (χ0) is 13.0. The summed E-state index contributed by atoms with van der Waals surface area (Å²) in [6.07, 6.45) is 2.99. The molecule has 0 N–H and O–H groups in total. The highest BCUT2D eigenvalue weighted by atomic mass is 19.1. The van der Waals surface area contributed by atoms with Gasteiger partial charge in [0.05, 0.1) is 18.2 Å². The second kappa shape index (κ2) is 5.28. The van der Waals surface area contributed by atoms with Gasteiger partial charge in [-0.15, -0.1) is 0 Å². The van der Waals surface area contributed by atoms with E-state index < -0.39 is 5.82 Å². The fourth-order valence-electron chi connectivity index (χ4n) is 1.68. The van der Waals surface area contributed by atoms with Gasteiger partial charge in [-0.05, 0) is 25.1 Å². The van der Waals surface area contributed by atoms with Gasteiger partial charge in [-0.25, -0.2) is 4.39 Å². The molecule has 0 bridgehead atoms. The molecule has 0 radical (unpaired) electrons. The number of halogens is 1. The minimum absolute atomic E-state index is 0.350. The topological polar surface area (TPSA) is 45.9 Å². The predicted octanol–water partition coefficient (Wildman–Crippen LogP) is 3.16. The highest BCUT2D eigenvalue weighted by molar-refractivity contribution is 5.70. The summed E-state index contributed by atoms with van der Waals surface area (Å²) in [4.78, 5) is 3.92. The Kier molecular flexibility index (Phi) is 3.54. The van der Waals surface area contributed by atoms with Crippen LogP contribution in [0.25, 0.3) is 11.1 Å². The van der Waals surface area contributed by atoms with E-state index in [-0.39, 0.29) is 0 Å². The third kappa shape index (κ3) is 2.30. The van der Waals surface area contributed by atoms with E-state index in [1.54, 1.807) is 18.2 Å². The largest absolute Gasteiger partial charge is 0.494 e. The number of hydrogen-bond donors (Lipinski definition) is 0. The van der Waals surface area contributed by atoms with Crippen molar-refractivity contribution in [3.05, 3.63) is 48.0 Å². The average Bonchev–Trinajstić information content (AvgIpc) is 2.39. The van der Waals surface area contributed by atoms with Crippen molar-refractivity contribution in [3.63, 3.8) is 0 Å². The van der Waals surface area contributed by atoms with E-state index in [1.807, 2.05) is 13.0 Å². The predicted molar refractivity (Wildman–Crippen MR) is 65.5 cm³/mol. The van der Waals surface area contributed by atoms with Crippen LogP contribution in [-0.2, 0) is 0 Å². The summed E-state index contributed by atoms with van der Waals surface area (Å²) >= 11 is 0. The number of aromatic nitrogens is 1. The molecule has 0 aliphatic carbocycles. The van der Waals surface area contributed by atoms with Crippen LogP contribution in [0.1, 0.15) is 12.5 Å². The molecule has 1 aromatic carbocycles. The van der Waals surface area contributed by atoms with Crippen LogP contribution in [0.3, 0.4) is 0 Å². The van der Waals surface area contributed by atoms with Gasteiger partial charge in [0.15, 0.2) is 0 Å². The summed E-state index contributed by atoms with van der Waals surface area (Å²) in [6, 6.07) is 8.17. The minimum Gasteiger partial charge on any atom is -0.494 e. The van der Waals surface area contributed by atoms with Crippen molar-refractivity contribution in [1.29, 1.82) is 5.26 Å². The number of nitrogens with zero attached hydrogens (tertiary/aromatic N) is 2. The second-order valence-electron chi connectivity index (χ2n) is 3.61. The Hall–Kier alpha value is -2.41. The van der Waals surface area contributed by atoms with E-state index in [0.29, 0.717) is 29.0 Å². The van der Waals surface area contributed by atoms with Crippen LogP contribution < -0.4 is 4.74 Å². The molecule has 0 unspecified atom stereocenters. The molecule has 0 aliphatic heterocycles. The summed E-state index contributed by atoms with van der Waals surface area (Å²) in [5.41, 5.74) is 1.23. The van der Waals surface area contributed by atoms with Gasteiger partial charge in [0.1, 0.15) is 11.6 Å². The number of benzene rings is 1. The number of nitriles is 1. The second-order valence-corrected chi connectivity index (χ2v) is 3.61. The fraction of sp³-hybridized carbons (Fsp3) is 0.143. The van der Waals surface area contributed by atoms with E-state index in [4.69, 9.17) is 10.00 Å². The molecule has 0 fully saturated rings. The van der Waals surface area contributed by atoms with Gasteiger partial charge in [-0.3, -0.25) is 4.98 Å². The van der Waals surface area contributed by atoms with Crippen molar-refractivity contribution in [2.75, 3.05) is 6.61 Å². The maximum atomic E-state index is 14.0. The van der Waals surface area contributed by atoms with Crippen LogP contribution in [0.15, 0.2) is 36.7 Å². The standard InChI is InChI=1S/C14H11FN2O/c1-2-18-11-3-4-12(14(15)7-11)13-9-17-6-5-10(13)8-16/h3-7,9H,2H2,1H3. The van der Waals surface area contributed by atoms with E-state index in [2.05, 4.69) is 4.98 Å². The molecule has 3 nitrogen and oxygen atoms in total. The molecule has 18 heavy (non-hydrogen) atoms. The summed E-state index contributed by atoms with van der Waals surface area (Å²) in [7, 11) is 0. The van der Waals surface area contributed by atoms with Crippen LogP contribution in [0.5, 0.6) is 5.75 Å². The molecule has 1 aromatic heterocycles. The normalized spacial score (nSPS) is 9.83. The number of ether oxygens (including phenoxy) is 1. The molecule has 1 heterocycles. The van der Waals surface area contributed by atoms with Crippen LogP contribution >= 0.6 is 0 Å². The average molecular weight is 242 g/mol. The number of hydrogen-bond acceptors (Lipinski definition) is 3. The van der Waals surface area contributed by atoms with Crippen molar-refractivity contribution in [3.8, 4) is 22.9 Å². The molecule has 4 heteroatoms. The van der Waals surface area contributed by atoms with Gasteiger partial charge >= 0.3 is 0 Å². The molecule has 0 atom stereocenters. The SMILES string of the molecule is CCOc1ccc(-c2cnccc2C#N)c(F)c1. The first-order chi connectivity index (χ1) is 8.76. The van der Waals surface area contributed by atoms with Crippen LogP contribution in [0.4, 0.5) is 4.39 Å². The lowest BCUT2D eigenvalue weighted by molar-refractivity contribution is 0.338. The highest BCUT2D eigenvalue weighted by Crippen LogP contribution is 2.28. The van der Waals surface area contributed by atoms with E-state index in [1.165, 1.54) is 18.5 Å². The summed E-state index contributed by atoms with van der Waals surface area (Å²) in [5, 5.41) is 8.98. The highest BCUT2D eigenvalue weighted by Gasteiger charge is 2.10. The molecule has 0 saturated heterocycles. The number of rotatable bonds is 3. The van der Waals surface area contributed by atoms with Gasteiger partial charge in [0.25, 0.3) is 0 Å². The van der Waals surface area contributed by atoms with Gasteiger partial charge in [-0.2, -0.15) is 5.26 Å². The van der Waals surface area contributed by atoms with E-state index in [0.717, 1.165) is 0 Å². The van der Waals surface area contributed by atoms with Gasteiger partial charge in [-0.1, -0.05) is 0 Å². The molecular weight excluding hydrogens is 231 g/mol. The van der Waals surface area contributed by atoms with Gasteiger partial charge in [0.2, 0.25) is 0 Å². The first kappa shape index (κ1) is 12.1. The lowest BCUT2D eigenvalue weighted by atomic mass is 10.0. The van der Waals surface area contributed by atoms with Crippen LogP contribution in [0, 0.1) is 17.1 Å². The Bertz CT molecular complexity index is 605. The maximum absolute atomic E-state index is 14.0. The lowest BCUT2D eigenvalue weighted by Crippen LogP contribution is -1.94. The molecule has 90 valence electrons. The monoisotopic (exact) mass is 242 g/mol. The Morgan fingerprint density at radius 3 is 2.83 bits per heavy atom. The molecule has 0 amide bonds. The summed E-state index contributed by atoms with van der Waals surface area (Å²) < 4.78 is 19.2. The maximum Gasteiger partial charge on any atom is 0.134 e. The molecule has 0 spiro atoms. The quantitative estimate of drug-likeness (QED) is 0.830. The Morgan fingerprint density at radius 1 is 1.33 bits per heavy atom. The Labute approximate surface area is 104 Å². The first-order valence-corrected chi connectivity index (χ1v) is 5.53. The third-order valence-corrected chi connectivity index (χ3v) is 2.48. The number of pyridine rings is 1. The van der Waals surface area contributed by atoms with Crippen LogP contribution in [-0.4, -0.2) is 11.6 Å². The van der Waals surface area contributed by atoms with Crippen molar-refractivity contribution in [1.82, 2.24) is 4.98 Å². The Balaban J connectivity index is 2.49. The fourth-order valence-corrected chi connectivity index (χ4v) is 1.68. The first-order valence-electron chi connectivity index (χ1n) is 5.53. The van der Waals surface area contributed by atoms with Crippen molar-refractivity contribution in [2.45, 2.75) is 6.92 Å². The van der Waals surface area contributed by atoms with E-state index >= 15 is 0 Å².